The summed E-state index contributed by atoms with van der Waals surface area (Å²) in [5.41, 5.74) is 4.52. The van der Waals surface area contributed by atoms with Gasteiger partial charge in [-0.05, 0) is 24.3 Å². The van der Waals surface area contributed by atoms with Gasteiger partial charge in [0, 0.05) is 69.2 Å². The van der Waals surface area contributed by atoms with E-state index in [1.807, 2.05) is 36.8 Å². The Morgan fingerprint density at radius 3 is 1.78 bits per heavy atom. The maximum atomic E-state index is 4.26. The fourth-order valence-corrected chi connectivity index (χ4v) is 3.65. The molecule has 0 atom stereocenters. The fourth-order valence-electron chi connectivity index (χ4n) is 2.49. The van der Waals surface area contributed by atoms with Gasteiger partial charge in [0.2, 0.25) is 0 Å². The van der Waals surface area contributed by atoms with E-state index in [9.17, 15) is 0 Å². The third kappa shape index (κ3) is 2.76. The van der Waals surface area contributed by atoms with Crippen molar-refractivity contribution in [2.24, 2.45) is 0 Å². The second kappa shape index (κ2) is 6.10. The minimum Gasteiger partial charge on any atom is -0.264 e. The Morgan fingerprint density at radius 1 is 0.652 bits per heavy atom. The van der Waals surface area contributed by atoms with Gasteiger partial charge >= 0.3 is 0 Å². The van der Waals surface area contributed by atoms with Gasteiger partial charge in [0.05, 0.1) is 0 Å². The van der Waals surface area contributed by atoms with E-state index >= 15 is 0 Å². The van der Waals surface area contributed by atoms with Gasteiger partial charge in [0.15, 0.2) is 0 Å². The summed E-state index contributed by atoms with van der Waals surface area (Å²) in [6, 6.07) is 14.4. The van der Waals surface area contributed by atoms with Crippen LogP contribution in [0.15, 0.2) is 79.6 Å². The van der Waals surface area contributed by atoms with E-state index in [1.165, 1.54) is 15.3 Å². The second-order valence-corrected chi connectivity index (χ2v) is 6.13. The number of hydrogen-bond donors (Lipinski definition) is 0. The highest BCUT2D eigenvalue weighted by Crippen LogP contribution is 2.42. The highest BCUT2D eigenvalue weighted by atomic mass is 32.1. The maximum absolute atomic E-state index is 4.26. The van der Waals surface area contributed by atoms with Gasteiger partial charge in [-0.2, -0.15) is 0 Å². The van der Waals surface area contributed by atoms with Gasteiger partial charge in [0.1, 0.15) is 0 Å². The molecule has 0 saturated carbocycles. The van der Waals surface area contributed by atoms with Crippen LogP contribution in [0.3, 0.4) is 0 Å². The molecule has 0 aliphatic rings. The van der Waals surface area contributed by atoms with Gasteiger partial charge in [-0.15, -0.1) is 11.3 Å². The molecule has 0 aliphatic carbocycles. The summed E-state index contributed by atoms with van der Waals surface area (Å²) in [7, 11) is 0. The number of hydrogen-bond acceptors (Lipinski definition) is 4. The van der Waals surface area contributed by atoms with Gasteiger partial charge < -0.3 is 0 Å². The van der Waals surface area contributed by atoms with Crippen LogP contribution in [0.25, 0.3) is 32.0 Å². The highest BCUT2D eigenvalue weighted by Gasteiger charge is 2.14. The van der Waals surface area contributed by atoms with E-state index in [1.54, 1.807) is 29.9 Å². The lowest BCUT2D eigenvalue weighted by Crippen LogP contribution is -1.81. The van der Waals surface area contributed by atoms with Crippen molar-refractivity contribution < 1.29 is 0 Å². The molecule has 4 aromatic heterocycles. The first-order chi connectivity index (χ1) is 11.4. The molecular formula is C19H13N3S. The van der Waals surface area contributed by atoms with E-state index in [-0.39, 0.29) is 0 Å². The molecule has 4 aromatic rings. The predicted octanol–water partition coefficient (Wildman–Crippen LogP) is 4.93. The van der Waals surface area contributed by atoms with Crippen LogP contribution in [0, 0.1) is 0 Å². The maximum Gasteiger partial charge on any atom is 0.0443 e. The number of nitrogens with zero attached hydrogens (tertiary/aromatic N) is 3. The minimum absolute atomic E-state index is 1.11. The van der Waals surface area contributed by atoms with Crippen LogP contribution in [0.2, 0.25) is 0 Å². The molecule has 0 spiro atoms. The Labute approximate surface area is 138 Å². The Hall–Kier alpha value is -2.85. The Kier molecular flexibility index (Phi) is 3.66. The summed E-state index contributed by atoms with van der Waals surface area (Å²) in [4.78, 5) is 15.1. The molecule has 0 N–H and O–H groups in total. The minimum atomic E-state index is 1.11. The Morgan fingerprint density at radius 2 is 1.22 bits per heavy atom. The van der Waals surface area contributed by atoms with Crippen LogP contribution >= 0.6 is 11.3 Å². The van der Waals surface area contributed by atoms with Crippen molar-refractivity contribution in [1.82, 2.24) is 15.0 Å². The molecule has 110 valence electrons. The van der Waals surface area contributed by atoms with Gasteiger partial charge in [-0.1, -0.05) is 18.2 Å². The molecular weight excluding hydrogens is 302 g/mol. The largest absolute Gasteiger partial charge is 0.264 e. The number of aromatic nitrogens is 3. The topological polar surface area (TPSA) is 38.7 Å². The first-order valence-electron chi connectivity index (χ1n) is 7.27. The Balaban J connectivity index is 1.91. The quantitative estimate of drug-likeness (QED) is 0.538. The van der Waals surface area contributed by atoms with Crippen molar-refractivity contribution in [1.29, 1.82) is 0 Å². The van der Waals surface area contributed by atoms with Crippen LogP contribution in [0.4, 0.5) is 0 Å². The lowest BCUT2D eigenvalue weighted by atomic mass is 10.0. The van der Waals surface area contributed by atoms with Crippen molar-refractivity contribution in [3.8, 4) is 32.0 Å². The van der Waals surface area contributed by atoms with Gasteiger partial charge in [-0.3, -0.25) is 15.0 Å². The van der Waals surface area contributed by atoms with E-state index in [4.69, 9.17) is 0 Å². The van der Waals surface area contributed by atoms with E-state index < -0.39 is 0 Å². The van der Waals surface area contributed by atoms with Gasteiger partial charge in [-0.25, -0.2) is 0 Å². The van der Waals surface area contributed by atoms with Crippen LogP contribution in [0.5, 0.6) is 0 Å². The molecule has 4 heterocycles. The summed E-state index contributed by atoms with van der Waals surface area (Å²) in [5, 5.41) is 0. The Bertz CT molecular complexity index is 846. The summed E-state index contributed by atoms with van der Waals surface area (Å²) >= 11 is 1.75. The van der Waals surface area contributed by atoms with Crippen molar-refractivity contribution in [2.75, 3.05) is 0 Å². The summed E-state index contributed by atoms with van der Waals surface area (Å²) in [6.45, 7) is 0. The second-order valence-electron chi connectivity index (χ2n) is 5.08. The molecule has 0 fully saturated rings. The highest BCUT2D eigenvalue weighted by molar-refractivity contribution is 7.19. The molecule has 0 aliphatic heterocycles. The predicted molar refractivity (Wildman–Crippen MR) is 94.0 cm³/mol. The van der Waals surface area contributed by atoms with E-state index in [0.29, 0.717) is 0 Å². The zero-order chi connectivity index (χ0) is 15.5. The molecule has 0 saturated heterocycles. The smallest absolute Gasteiger partial charge is 0.0443 e. The molecule has 0 bridgehead atoms. The van der Waals surface area contributed by atoms with Crippen molar-refractivity contribution in [3.05, 3.63) is 79.6 Å². The van der Waals surface area contributed by atoms with E-state index in [2.05, 4.69) is 39.2 Å². The first-order valence-corrected chi connectivity index (χ1v) is 8.08. The van der Waals surface area contributed by atoms with Crippen LogP contribution in [-0.4, -0.2) is 15.0 Å². The molecule has 0 amide bonds. The van der Waals surface area contributed by atoms with Crippen molar-refractivity contribution in [3.63, 3.8) is 0 Å². The summed E-state index contributed by atoms with van der Waals surface area (Å²) in [5.74, 6) is 0. The third-order valence-corrected chi connectivity index (χ3v) is 4.81. The number of pyridine rings is 3. The van der Waals surface area contributed by atoms with Crippen LogP contribution in [0.1, 0.15) is 0 Å². The molecule has 0 aromatic carbocycles. The molecule has 0 unspecified atom stereocenters. The van der Waals surface area contributed by atoms with Crippen LogP contribution < -0.4 is 0 Å². The SMILES string of the molecule is c1cncc(-c2cc(-c3cccnc3)c(-c3cccnc3)s2)c1. The third-order valence-electron chi connectivity index (χ3n) is 3.57. The van der Waals surface area contributed by atoms with E-state index in [0.717, 1.165) is 16.7 Å². The molecule has 0 radical (unpaired) electrons. The fraction of sp³-hybridized carbons (Fsp3) is 0. The van der Waals surface area contributed by atoms with Crippen molar-refractivity contribution in [2.45, 2.75) is 0 Å². The average Bonchev–Trinajstić information content (AvgIpc) is 3.09. The lowest BCUT2D eigenvalue weighted by Gasteiger charge is -2.02. The summed E-state index contributed by atoms with van der Waals surface area (Å²) < 4.78 is 0. The first kappa shape index (κ1) is 13.8. The zero-order valence-electron chi connectivity index (χ0n) is 12.3. The standard InChI is InChI=1S/C19H13N3S/c1-4-14(11-20-7-1)17-10-18(15-5-2-8-21-12-15)23-19(17)16-6-3-9-22-13-16/h1-13H. The monoisotopic (exact) mass is 315 g/mol. The molecule has 3 nitrogen and oxygen atoms in total. The summed E-state index contributed by atoms with van der Waals surface area (Å²) in [6.07, 6.45) is 11.1. The number of rotatable bonds is 3. The molecule has 4 rings (SSSR count). The zero-order valence-corrected chi connectivity index (χ0v) is 13.1. The van der Waals surface area contributed by atoms with Crippen LogP contribution in [-0.2, 0) is 0 Å². The number of thiophene rings is 1. The average molecular weight is 315 g/mol. The molecule has 23 heavy (non-hydrogen) atoms. The van der Waals surface area contributed by atoms with Gasteiger partial charge in [0.25, 0.3) is 0 Å². The molecule has 4 heteroatoms. The van der Waals surface area contributed by atoms with Crippen molar-refractivity contribution >= 4 is 11.3 Å². The normalized spacial score (nSPS) is 10.6. The lowest BCUT2D eigenvalue weighted by molar-refractivity contribution is 1.32.